The molecule has 310 valence electrons. The van der Waals surface area contributed by atoms with Gasteiger partial charge in [0, 0.05) is 32.8 Å². The van der Waals surface area contributed by atoms with Crippen molar-refractivity contribution < 1.29 is 68.0 Å². The highest BCUT2D eigenvalue weighted by Gasteiger charge is 2.52. The van der Waals surface area contributed by atoms with Crippen LogP contribution in [-0.2, 0) is 47.5 Å². The summed E-state index contributed by atoms with van der Waals surface area (Å²) < 4.78 is 42.2. The van der Waals surface area contributed by atoms with E-state index in [1.807, 2.05) is 19.9 Å². The molecule has 15 heteroatoms. The fourth-order valence-corrected chi connectivity index (χ4v) is 7.66. The summed E-state index contributed by atoms with van der Waals surface area (Å²) in [5, 5.41) is 45.7. The molecule has 2 saturated heterocycles. The molecule has 3 heterocycles. The second-order valence-corrected chi connectivity index (χ2v) is 15.5. The SMILES string of the molecule is CCCC(=O)O[C@@H]1[C@@H](C)O[C@@H](O[C@H]2[C@H](N(C)C)[C@@H](O)[C@H](O[C@H]3[C@@H](CC=O)C[C@@H](C)[C@@H](O)/C=C/C=C/C[C@@H](C)OC(=O)C[C@@H](O)[C@@H]3OC)O[C@@H]2C)C[C@@]1(C)O. The molecule has 16 atom stereocenters. The van der Waals surface area contributed by atoms with E-state index >= 15 is 0 Å². The van der Waals surface area contributed by atoms with Crippen molar-refractivity contribution in [3.05, 3.63) is 24.3 Å². The summed E-state index contributed by atoms with van der Waals surface area (Å²) >= 11 is 0. The molecule has 0 unspecified atom stereocenters. The lowest BCUT2D eigenvalue weighted by molar-refractivity contribution is -0.344. The molecule has 15 nitrogen and oxygen atoms in total. The molecular weight excluding hydrogens is 706 g/mol. The minimum atomic E-state index is -1.47. The van der Waals surface area contributed by atoms with E-state index in [-0.39, 0.29) is 31.6 Å². The first-order valence-electron chi connectivity index (χ1n) is 19.2. The Hall–Kier alpha value is -2.31. The maximum absolute atomic E-state index is 12.9. The van der Waals surface area contributed by atoms with Crippen LogP contribution >= 0.6 is 0 Å². The third kappa shape index (κ3) is 12.6. The van der Waals surface area contributed by atoms with Gasteiger partial charge in [-0.15, -0.1) is 0 Å². The first-order valence-corrected chi connectivity index (χ1v) is 19.2. The van der Waals surface area contributed by atoms with Crippen LogP contribution in [0.2, 0.25) is 0 Å². The number of allylic oxidation sites excluding steroid dienone is 2. The van der Waals surface area contributed by atoms with Crippen molar-refractivity contribution in [1.82, 2.24) is 4.90 Å². The highest BCUT2D eigenvalue weighted by molar-refractivity contribution is 5.70. The lowest BCUT2D eigenvalue weighted by atomic mass is 9.82. The van der Waals surface area contributed by atoms with E-state index in [0.717, 1.165) is 6.29 Å². The summed E-state index contributed by atoms with van der Waals surface area (Å²) in [5.41, 5.74) is -1.47. The standard InChI is InChI=1S/C39H65NO14/c1-10-14-29(44)52-37-25(5)50-31(21-39(37,6)47)53-34-24(4)51-38(33(46)32(34)40(7)8)54-35-26(17-18-41)19-22(2)27(42)16-13-11-12-15-23(3)49-30(45)20-28(43)36(35)48-9/h11-13,16,18,22-28,31-38,42-43,46-47H,10,14-15,17,19-21H2,1-9H3/b12-11+,16-13+/t22-,23-,24-,25-,26+,27+,28-,31+,32-,33-,34-,35+,36+,37-,38+,39-/m1/s1. The molecule has 0 aliphatic carbocycles. The van der Waals surface area contributed by atoms with Crippen LogP contribution < -0.4 is 0 Å². The van der Waals surface area contributed by atoms with Crippen LogP contribution in [0.1, 0.15) is 86.5 Å². The highest BCUT2D eigenvalue weighted by atomic mass is 16.7. The second-order valence-electron chi connectivity index (χ2n) is 15.5. The molecule has 0 amide bonds. The monoisotopic (exact) mass is 771 g/mol. The molecule has 3 aliphatic rings. The number of likely N-dealkylation sites (N-methyl/N-ethyl adjacent to an activating group) is 1. The molecule has 3 aliphatic heterocycles. The Morgan fingerprint density at radius 2 is 1.74 bits per heavy atom. The average molecular weight is 772 g/mol. The van der Waals surface area contributed by atoms with Crippen LogP contribution in [0, 0.1) is 11.8 Å². The number of carbonyl (C=O) groups excluding carboxylic acids is 3. The number of cyclic esters (lactones) is 1. The molecule has 0 bridgehead atoms. The van der Waals surface area contributed by atoms with Crippen molar-refractivity contribution in [2.45, 2.75) is 172 Å². The van der Waals surface area contributed by atoms with Gasteiger partial charge in [0.05, 0.1) is 43.0 Å². The fraction of sp³-hybridized carbons (Fsp3) is 0.821. The quantitative estimate of drug-likeness (QED) is 0.176. The Morgan fingerprint density at radius 3 is 2.35 bits per heavy atom. The lowest BCUT2D eigenvalue weighted by Gasteiger charge is -2.50. The Labute approximate surface area is 319 Å². The number of hydrogen-bond donors (Lipinski definition) is 4. The summed E-state index contributed by atoms with van der Waals surface area (Å²) in [5.74, 6) is -2.11. The van der Waals surface area contributed by atoms with Crippen molar-refractivity contribution in [3.8, 4) is 0 Å². The van der Waals surface area contributed by atoms with E-state index in [9.17, 15) is 34.8 Å². The molecule has 0 aromatic heterocycles. The van der Waals surface area contributed by atoms with Crippen molar-refractivity contribution in [2.75, 3.05) is 21.2 Å². The van der Waals surface area contributed by atoms with Crippen LogP contribution in [0.3, 0.4) is 0 Å². The van der Waals surface area contributed by atoms with Crippen molar-refractivity contribution >= 4 is 18.2 Å². The number of ether oxygens (including phenoxy) is 7. The summed E-state index contributed by atoms with van der Waals surface area (Å²) in [6, 6.07) is -0.750. The van der Waals surface area contributed by atoms with Gasteiger partial charge in [-0.2, -0.15) is 0 Å². The predicted molar refractivity (Wildman–Crippen MR) is 196 cm³/mol. The summed E-state index contributed by atoms with van der Waals surface area (Å²) in [7, 11) is 4.86. The van der Waals surface area contributed by atoms with Gasteiger partial charge in [-0.1, -0.05) is 38.2 Å². The predicted octanol–water partition coefficient (Wildman–Crippen LogP) is 2.20. The zero-order chi connectivity index (χ0) is 40.3. The van der Waals surface area contributed by atoms with Gasteiger partial charge in [0.1, 0.15) is 36.3 Å². The van der Waals surface area contributed by atoms with Gasteiger partial charge in [-0.25, -0.2) is 0 Å². The molecule has 0 spiro atoms. The summed E-state index contributed by atoms with van der Waals surface area (Å²) in [6.07, 6.45) is -3.26. The highest BCUT2D eigenvalue weighted by Crippen LogP contribution is 2.37. The summed E-state index contributed by atoms with van der Waals surface area (Å²) in [6.45, 7) is 10.4. The van der Waals surface area contributed by atoms with Gasteiger partial charge in [0.2, 0.25) is 0 Å². The largest absolute Gasteiger partial charge is 0.462 e. The number of rotatable bonds is 11. The number of aldehydes is 1. The van der Waals surface area contributed by atoms with Crippen molar-refractivity contribution in [2.24, 2.45) is 11.8 Å². The van der Waals surface area contributed by atoms with Gasteiger partial charge >= 0.3 is 11.9 Å². The Bertz CT molecular complexity index is 1240. The van der Waals surface area contributed by atoms with Gasteiger partial charge < -0.3 is 63.3 Å². The number of methoxy groups -OCH3 is 1. The normalized spacial score (nSPS) is 42.9. The Balaban J connectivity index is 1.91. The van der Waals surface area contributed by atoms with Gasteiger partial charge in [0.15, 0.2) is 18.7 Å². The molecule has 0 aromatic rings. The molecule has 0 radical (unpaired) electrons. The average Bonchev–Trinajstić information content (AvgIpc) is 3.07. The number of aliphatic hydroxyl groups is 4. The summed E-state index contributed by atoms with van der Waals surface area (Å²) in [4.78, 5) is 39.0. The molecule has 2 fully saturated rings. The van der Waals surface area contributed by atoms with Crippen LogP contribution in [0.15, 0.2) is 24.3 Å². The second kappa shape index (κ2) is 21.3. The van der Waals surface area contributed by atoms with E-state index in [0.29, 0.717) is 12.8 Å². The molecule has 0 saturated carbocycles. The first-order chi connectivity index (χ1) is 25.4. The van der Waals surface area contributed by atoms with Crippen LogP contribution in [-0.4, -0.2) is 150 Å². The number of aliphatic hydroxyl groups excluding tert-OH is 3. The fourth-order valence-electron chi connectivity index (χ4n) is 7.66. The Morgan fingerprint density at radius 1 is 1.04 bits per heavy atom. The number of nitrogens with zero attached hydrogens (tertiary/aromatic N) is 1. The molecule has 54 heavy (non-hydrogen) atoms. The Kier molecular flexibility index (Phi) is 18.2. The minimum Gasteiger partial charge on any atom is -0.462 e. The lowest BCUT2D eigenvalue weighted by Crippen LogP contribution is -2.66. The van der Waals surface area contributed by atoms with E-state index in [1.54, 1.807) is 64.9 Å². The van der Waals surface area contributed by atoms with Crippen LogP contribution in [0.25, 0.3) is 0 Å². The zero-order valence-electron chi connectivity index (χ0n) is 33.3. The molecule has 4 N–H and O–H groups in total. The maximum atomic E-state index is 12.9. The third-order valence-corrected chi connectivity index (χ3v) is 10.5. The van der Waals surface area contributed by atoms with Crippen molar-refractivity contribution in [3.63, 3.8) is 0 Å². The van der Waals surface area contributed by atoms with Gasteiger partial charge in [-0.3, -0.25) is 9.59 Å². The molecule has 0 aromatic carbocycles. The van der Waals surface area contributed by atoms with Crippen molar-refractivity contribution in [1.29, 1.82) is 0 Å². The van der Waals surface area contributed by atoms with Gasteiger partial charge in [0.25, 0.3) is 0 Å². The number of hydrogen-bond acceptors (Lipinski definition) is 15. The molecule has 3 rings (SSSR count). The van der Waals surface area contributed by atoms with E-state index < -0.39 is 110 Å². The van der Waals surface area contributed by atoms with E-state index in [1.165, 1.54) is 7.11 Å². The topological polar surface area (TPSA) is 200 Å². The van der Waals surface area contributed by atoms with Crippen LogP contribution in [0.5, 0.6) is 0 Å². The first kappa shape index (κ1) is 46.1. The number of carbonyl (C=O) groups is 3. The smallest absolute Gasteiger partial charge is 0.308 e. The van der Waals surface area contributed by atoms with Crippen LogP contribution in [0.4, 0.5) is 0 Å². The zero-order valence-corrected chi connectivity index (χ0v) is 33.3. The third-order valence-electron chi connectivity index (χ3n) is 10.5. The minimum absolute atomic E-state index is 0.0274. The maximum Gasteiger partial charge on any atom is 0.308 e. The molecular formula is C39H65NO14. The van der Waals surface area contributed by atoms with E-state index in [4.69, 9.17) is 33.2 Å². The van der Waals surface area contributed by atoms with Gasteiger partial charge in [-0.05, 0) is 66.5 Å². The van der Waals surface area contributed by atoms with E-state index in [2.05, 4.69) is 0 Å². The number of esters is 2.